The fourth-order valence-corrected chi connectivity index (χ4v) is 1.75. The Morgan fingerprint density at radius 3 is 2.81 bits per heavy atom. The molecule has 0 bridgehead atoms. The molecule has 0 aliphatic heterocycles. The van der Waals surface area contributed by atoms with Gasteiger partial charge in [-0.25, -0.2) is 4.98 Å². The van der Waals surface area contributed by atoms with Crippen LogP contribution in [0.4, 0.5) is 0 Å². The van der Waals surface area contributed by atoms with Gasteiger partial charge in [0.05, 0.1) is 11.4 Å². The minimum Gasteiger partial charge on any atom is -0.361 e. The van der Waals surface area contributed by atoms with Crippen LogP contribution in [-0.4, -0.2) is 10.1 Å². The molecule has 0 saturated carbocycles. The van der Waals surface area contributed by atoms with Crippen LogP contribution in [0.15, 0.2) is 33.4 Å². The first-order chi connectivity index (χ1) is 7.74. The molecule has 0 aromatic carbocycles. The Balaban J connectivity index is 1.84. The van der Waals surface area contributed by atoms with Crippen molar-refractivity contribution in [1.29, 1.82) is 0 Å². The Bertz CT molecular complexity index is 470. The molecule has 0 saturated heterocycles. The molecule has 1 N–H and O–H groups in total. The number of hydrogen-bond donors (Lipinski definition) is 1. The van der Waals surface area contributed by atoms with Crippen molar-refractivity contribution in [1.82, 2.24) is 15.5 Å². The van der Waals surface area contributed by atoms with Crippen LogP contribution in [-0.2, 0) is 13.1 Å². The molecule has 2 rings (SSSR count). The minimum atomic E-state index is 0.686. The molecule has 0 fully saturated rings. The van der Waals surface area contributed by atoms with E-state index < -0.39 is 0 Å². The third kappa shape index (κ3) is 3.15. The smallest absolute Gasteiger partial charge is 0.133 e. The first-order valence-electron chi connectivity index (χ1n) is 4.98. The van der Waals surface area contributed by atoms with Gasteiger partial charge in [-0.1, -0.05) is 11.2 Å². The highest BCUT2D eigenvalue weighted by molar-refractivity contribution is 9.10. The predicted molar refractivity (Wildman–Crippen MR) is 63.7 cm³/mol. The zero-order valence-corrected chi connectivity index (χ0v) is 10.5. The second-order valence-electron chi connectivity index (χ2n) is 3.48. The second kappa shape index (κ2) is 5.23. The number of aromatic nitrogens is 2. The summed E-state index contributed by atoms with van der Waals surface area (Å²) in [5, 5.41) is 7.15. The zero-order chi connectivity index (χ0) is 11.4. The van der Waals surface area contributed by atoms with Gasteiger partial charge in [0.1, 0.15) is 10.4 Å². The van der Waals surface area contributed by atoms with E-state index in [0.717, 1.165) is 21.8 Å². The van der Waals surface area contributed by atoms with E-state index in [1.807, 2.05) is 31.2 Å². The lowest BCUT2D eigenvalue weighted by atomic mass is 10.3. The van der Waals surface area contributed by atoms with Crippen LogP contribution in [0.25, 0.3) is 0 Å². The van der Waals surface area contributed by atoms with E-state index >= 15 is 0 Å². The van der Waals surface area contributed by atoms with Crippen LogP contribution in [0.5, 0.6) is 0 Å². The van der Waals surface area contributed by atoms with E-state index in [4.69, 9.17) is 4.52 Å². The van der Waals surface area contributed by atoms with E-state index in [1.54, 1.807) is 0 Å². The third-order valence-electron chi connectivity index (χ3n) is 2.06. The summed E-state index contributed by atoms with van der Waals surface area (Å²) in [7, 11) is 0. The van der Waals surface area contributed by atoms with Crippen molar-refractivity contribution in [3.8, 4) is 0 Å². The lowest BCUT2D eigenvalue weighted by Gasteiger charge is -2.01. The molecule has 0 spiro atoms. The van der Waals surface area contributed by atoms with Gasteiger partial charge in [-0.3, -0.25) is 0 Å². The number of nitrogens with one attached hydrogen (secondary N) is 1. The Kier molecular flexibility index (Phi) is 3.69. The standard InChI is InChI=1S/C11H12BrN3O/c1-8-5-10(15-16-8)7-13-6-9-3-2-4-11(12)14-9/h2-5,13H,6-7H2,1H3. The maximum absolute atomic E-state index is 4.97. The Morgan fingerprint density at radius 2 is 2.12 bits per heavy atom. The number of rotatable bonds is 4. The fraction of sp³-hybridized carbons (Fsp3) is 0.273. The van der Waals surface area contributed by atoms with Gasteiger partial charge < -0.3 is 9.84 Å². The summed E-state index contributed by atoms with van der Waals surface area (Å²) in [6.07, 6.45) is 0. The van der Waals surface area contributed by atoms with Crippen LogP contribution in [0.1, 0.15) is 17.1 Å². The van der Waals surface area contributed by atoms with Crippen LogP contribution < -0.4 is 5.32 Å². The van der Waals surface area contributed by atoms with Crippen LogP contribution in [0.2, 0.25) is 0 Å². The number of pyridine rings is 1. The molecule has 4 nitrogen and oxygen atoms in total. The lowest BCUT2D eigenvalue weighted by Crippen LogP contribution is -2.13. The average Bonchev–Trinajstić information content (AvgIpc) is 2.64. The average molecular weight is 282 g/mol. The van der Waals surface area contributed by atoms with Crippen molar-refractivity contribution in [2.75, 3.05) is 0 Å². The molecule has 0 aliphatic carbocycles. The quantitative estimate of drug-likeness (QED) is 0.875. The SMILES string of the molecule is Cc1cc(CNCc2cccc(Br)n2)no1. The molecule has 0 amide bonds. The molecule has 0 aliphatic rings. The molecule has 84 valence electrons. The number of halogens is 1. The van der Waals surface area contributed by atoms with Crippen LogP contribution in [0, 0.1) is 6.92 Å². The minimum absolute atomic E-state index is 0.686. The van der Waals surface area contributed by atoms with Crippen molar-refractivity contribution in [3.05, 3.63) is 46.0 Å². The summed E-state index contributed by atoms with van der Waals surface area (Å²) in [6, 6.07) is 7.77. The monoisotopic (exact) mass is 281 g/mol. The molecule has 16 heavy (non-hydrogen) atoms. The molecule has 0 unspecified atom stereocenters. The maximum Gasteiger partial charge on any atom is 0.133 e. The van der Waals surface area contributed by atoms with Gasteiger partial charge in [-0.15, -0.1) is 0 Å². The summed E-state index contributed by atoms with van der Waals surface area (Å²) in [6.45, 7) is 3.28. The van der Waals surface area contributed by atoms with Gasteiger partial charge in [-0.05, 0) is 35.0 Å². The van der Waals surface area contributed by atoms with E-state index in [9.17, 15) is 0 Å². The number of nitrogens with zero attached hydrogens (tertiary/aromatic N) is 2. The third-order valence-corrected chi connectivity index (χ3v) is 2.50. The van der Waals surface area contributed by atoms with Crippen LogP contribution in [0.3, 0.4) is 0 Å². The summed E-state index contributed by atoms with van der Waals surface area (Å²) in [4.78, 5) is 4.32. The largest absolute Gasteiger partial charge is 0.361 e. The molecule has 2 aromatic heterocycles. The maximum atomic E-state index is 4.97. The van der Waals surface area contributed by atoms with E-state index in [0.29, 0.717) is 13.1 Å². The van der Waals surface area contributed by atoms with Gasteiger partial charge in [0.2, 0.25) is 0 Å². The predicted octanol–water partition coefficient (Wildman–Crippen LogP) is 2.43. The van der Waals surface area contributed by atoms with Crippen LogP contribution >= 0.6 is 15.9 Å². The second-order valence-corrected chi connectivity index (χ2v) is 4.30. The molecule has 2 aromatic rings. The summed E-state index contributed by atoms with van der Waals surface area (Å²) < 4.78 is 5.82. The number of aryl methyl sites for hydroxylation is 1. The highest BCUT2D eigenvalue weighted by Gasteiger charge is 2.00. The van der Waals surface area contributed by atoms with E-state index in [2.05, 4.69) is 31.4 Å². The van der Waals surface area contributed by atoms with Gasteiger partial charge >= 0.3 is 0 Å². The van der Waals surface area contributed by atoms with Gasteiger partial charge in [0, 0.05) is 19.2 Å². The van der Waals surface area contributed by atoms with Crippen molar-refractivity contribution in [3.63, 3.8) is 0 Å². The first kappa shape index (κ1) is 11.3. The van der Waals surface area contributed by atoms with Gasteiger partial charge in [-0.2, -0.15) is 0 Å². The summed E-state index contributed by atoms with van der Waals surface area (Å²) >= 11 is 3.34. The van der Waals surface area contributed by atoms with Crippen molar-refractivity contribution < 1.29 is 4.52 Å². The molecular weight excluding hydrogens is 270 g/mol. The first-order valence-corrected chi connectivity index (χ1v) is 5.78. The Labute approximate surface area is 102 Å². The van der Waals surface area contributed by atoms with Gasteiger partial charge in [0.25, 0.3) is 0 Å². The van der Waals surface area contributed by atoms with E-state index in [1.165, 1.54) is 0 Å². The molecule has 0 atom stereocenters. The van der Waals surface area contributed by atoms with Gasteiger partial charge in [0.15, 0.2) is 0 Å². The highest BCUT2D eigenvalue weighted by atomic mass is 79.9. The molecule has 5 heteroatoms. The normalized spacial score (nSPS) is 10.6. The molecule has 0 radical (unpaired) electrons. The highest BCUT2D eigenvalue weighted by Crippen LogP contribution is 2.06. The number of hydrogen-bond acceptors (Lipinski definition) is 4. The summed E-state index contributed by atoms with van der Waals surface area (Å²) in [5.41, 5.74) is 1.90. The van der Waals surface area contributed by atoms with Crippen molar-refractivity contribution in [2.45, 2.75) is 20.0 Å². The Hall–Kier alpha value is -1.20. The van der Waals surface area contributed by atoms with Crippen molar-refractivity contribution in [2.24, 2.45) is 0 Å². The molecule has 2 heterocycles. The molecular formula is C11H12BrN3O. The zero-order valence-electron chi connectivity index (χ0n) is 8.90. The summed E-state index contributed by atoms with van der Waals surface area (Å²) in [5.74, 6) is 0.831. The topological polar surface area (TPSA) is 51.0 Å². The fourth-order valence-electron chi connectivity index (χ4n) is 1.37. The van der Waals surface area contributed by atoms with E-state index in [-0.39, 0.29) is 0 Å². The van der Waals surface area contributed by atoms with Crippen molar-refractivity contribution >= 4 is 15.9 Å². The lowest BCUT2D eigenvalue weighted by molar-refractivity contribution is 0.388. The Morgan fingerprint density at radius 1 is 1.31 bits per heavy atom.